The Labute approximate surface area is 129 Å². The van der Waals surface area contributed by atoms with Gasteiger partial charge in [0.1, 0.15) is 17.2 Å². The second-order valence-corrected chi connectivity index (χ2v) is 6.55. The Hall–Kier alpha value is -1.15. The summed E-state index contributed by atoms with van der Waals surface area (Å²) in [6.07, 6.45) is 0. The van der Waals surface area contributed by atoms with Crippen molar-refractivity contribution >= 4 is 39.8 Å². The highest BCUT2D eigenvalue weighted by Crippen LogP contribution is 2.19. The zero-order chi connectivity index (χ0) is 13.7. The van der Waals surface area contributed by atoms with Crippen LogP contribution in [0.1, 0.15) is 15.4 Å². The number of aromatic nitrogens is 1. The lowest BCUT2D eigenvalue weighted by atomic mass is 10.3. The van der Waals surface area contributed by atoms with Gasteiger partial charge in [0.05, 0.1) is 12.2 Å². The normalized spacial score (nSPS) is 10.2. The Morgan fingerprint density at radius 1 is 1.42 bits per heavy atom. The number of halogens is 1. The predicted molar refractivity (Wildman–Crippen MR) is 83.8 cm³/mol. The summed E-state index contributed by atoms with van der Waals surface area (Å²) >= 11 is 3.51. The van der Waals surface area contributed by atoms with Gasteiger partial charge < -0.3 is 10.1 Å². The Morgan fingerprint density at radius 3 is 2.79 bits per heavy atom. The van der Waals surface area contributed by atoms with Crippen LogP contribution in [0.5, 0.6) is 5.75 Å². The highest BCUT2D eigenvalue weighted by molar-refractivity contribution is 14.1. The zero-order valence-corrected chi connectivity index (χ0v) is 13.3. The molecule has 0 aliphatic carbocycles. The van der Waals surface area contributed by atoms with Crippen molar-refractivity contribution in [3.63, 3.8) is 0 Å². The molecular formula is C13H13IN2O2S. The molecule has 0 spiro atoms. The Bertz CT molecular complexity index is 557. The number of nitrogens with zero attached hydrogens (tertiary/aromatic N) is 1. The van der Waals surface area contributed by atoms with Crippen molar-refractivity contribution in [3.05, 3.63) is 43.9 Å². The average Bonchev–Trinajstić information content (AvgIpc) is 2.75. The molecule has 0 radical (unpaired) electrons. The van der Waals surface area contributed by atoms with E-state index in [1.807, 2.05) is 37.3 Å². The summed E-state index contributed by atoms with van der Waals surface area (Å²) in [6, 6.07) is 9.53. The minimum absolute atomic E-state index is 0.0884. The number of para-hydroxylation sites is 1. The van der Waals surface area contributed by atoms with Crippen LogP contribution in [0.4, 0.5) is 0 Å². The van der Waals surface area contributed by atoms with Crippen molar-refractivity contribution in [1.29, 1.82) is 0 Å². The Balaban J connectivity index is 1.77. The van der Waals surface area contributed by atoms with Crippen LogP contribution in [0.25, 0.3) is 0 Å². The van der Waals surface area contributed by atoms with Gasteiger partial charge in [0.2, 0.25) is 0 Å². The minimum Gasteiger partial charge on any atom is -0.492 e. The average molecular weight is 388 g/mol. The number of hydrogen-bond acceptors (Lipinski definition) is 4. The van der Waals surface area contributed by atoms with Gasteiger partial charge in [-0.3, -0.25) is 4.79 Å². The molecule has 0 fully saturated rings. The van der Waals surface area contributed by atoms with Crippen LogP contribution in [0.15, 0.2) is 30.3 Å². The molecule has 0 bridgehead atoms. The smallest absolute Gasteiger partial charge is 0.263 e. The molecule has 0 unspecified atom stereocenters. The molecule has 1 heterocycles. The molecule has 0 saturated heterocycles. The fraction of sp³-hybridized carbons (Fsp3) is 0.231. The topological polar surface area (TPSA) is 51.2 Å². The molecule has 1 N–H and O–H groups in total. The van der Waals surface area contributed by atoms with Crippen molar-refractivity contribution in [2.45, 2.75) is 6.92 Å². The lowest BCUT2D eigenvalue weighted by Gasteiger charge is -2.06. The third-order valence-electron chi connectivity index (χ3n) is 2.38. The van der Waals surface area contributed by atoms with Crippen LogP contribution in [-0.2, 0) is 0 Å². The van der Waals surface area contributed by atoms with Crippen LogP contribution in [0, 0.1) is 9.94 Å². The molecule has 2 aromatic rings. The molecule has 0 saturated carbocycles. The number of carbonyl (C=O) groups is 1. The summed E-state index contributed by atoms with van der Waals surface area (Å²) in [7, 11) is 0. The first-order chi connectivity index (χ1) is 9.16. The number of hydrogen-bond donors (Lipinski definition) is 1. The summed E-state index contributed by atoms with van der Waals surface area (Å²) < 4.78 is 6.38. The molecule has 2 rings (SSSR count). The highest BCUT2D eigenvalue weighted by atomic mass is 127. The van der Waals surface area contributed by atoms with Crippen molar-refractivity contribution in [2.75, 3.05) is 13.2 Å². The molecule has 100 valence electrons. The van der Waals surface area contributed by atoms with E-state index in [4.69, 9.17) is 4.74 Å². The Morgan fingerprint density at radius 2 is 2.16 bits per heavy atom. The van der Waals surface area contributed by atoms with E-state index in [9.17, 15) is 4.79 Å². The van der Waals surface area contributed by atoms with Crippen LogP contribution >= 0.6 is 33.9 Å². The standard InChI is InChI=1S/C13H13IN2O2S/c1-9-11(19-13(14)16-9)12(17)15-7-8-18-10-5-3-2-4-6-10/h2-6H,7-8H2,1H3,(H,15,17). The van der Waals surface area contributed by atoms with Crippen LogP contribution in [0.2, 0.25) is 0 Å². The predicted octanol–water partition coefficient (Wildman–Crippen LogP) is 2.86. The number of nitrogens with one attached hydrogen (secondary N) is 1. The van der Waals surface area contributed by atoms with Gasteiger partial charge in [0, 0.05) is 0 Å². The van der Waals surface area contributed by atoms with Gasteiger partial charge in [0.15, 0.2) is 3.01 Å². The van der Waals surface area contributed by atoms with Gasteiger partial charge in [-0.15, -0.1) is 11.3 Å². The van der Waals surface area contributed by atoms with E-state index in [0.29, 0.717) is 18.0 Å². The molecule has 19 heavy (non-hydrogen) atoms. The molecule has 1 amide bonds. The monoisotopic (exact) mass is 388 g/mol. The highest BCUT2D eigenvalue weighted by Gasteiger charge is 2.13. The molecule has 0 atom stereocenters. The third kappa shape index (κ3) is 4.17. The van der Waals surface area contributed by atoms with Gasteiger partial charge in [-0.2, -0.15) is 0 Å². The van der Waals surface area contributed by atoms with E-state index in [-0.39, 0.29) is 5.91 Å². The molecule has 1 aromatic heterocycles. The first-order valence-electron chi connectivity index (χ1n) is 5.76. The molecule has 4 nitrogen and oxygen atoms in total. The maximum Gasteiger partial charge on any atom is 0.263 e. The summed E-state index contributed by atoms with van der Waals surface area (Å²) in [5.74, 6) is 0.717. The number of thiazole rings is 1. The largest absolute Gasteiger partial charge is 0.492 e. The van der Waals surface area contributed by atoms with Gasteiger partial charge in [-0.05, 0) is 41.6 Å². The van der Waals surface area contributed by atoms with E-state index in [2.05, 4.69) is 32.9 Å². The van der Waals surface area contributed by atoms with Crippen molar-refractivity contribution < 1.29 is 9.53 Å². The van der Waals surface area contributed by atoms with E-state index >= 15 is 0 Å². The Kier molecular flexibility index (Phi) is 5.15. The van der Waals surface area contributed by atoms with Gasteiger partial charge in [-0.1, -0.05) is 18.2 Å². The molecule has 6 heteroatoms. The third-order valence-corrected chi connectivity index (χ3v) is 4.22. The number of amides is 1. The summed E-state index contributed by atoms with van der Waals surface area (Å²) in [4.78, 5) is 16.8. The lowest BCUT2D eigenvalue weighted by Crippen LogP contribution is -2.27. The summed E-state index contributed by atoms with van der Waals surface area (Å²) in [6.45, 7) is 2.76. The lowest BCUT2D eigenvalue weighted by molar-refractivity contribution is 0.0950. The SMILES string of the molecule is Cc1nc(I)sc1C(=O)NCCOc1ccccc1. The van der Waals surface area contributed by atoms with Crippen molar-refractivity contribution in [3.8, 4) is 5.75 Å². The second kappa shape index (κ2) is 6.85. The second-order valence-electron chi connectivity index (χ2n) is 3.80. The number of benzene rings is 1. The summed E-state index contributed by atoms with van der Waals surface area (Å²) in [5.41, 5.74) is 0.774. The minimum atomic E-state index is -0.0884. The number of rotatable bonds is 5. The first-order valence-corrected chi connectivity index (χ1v) is 7.65. The molecule has 1 aromatic carbocycles. The van der Waals surface area contributed by atoms with E-state index in [1.165, 1.54) is 11.3 Å². The number of carbonyl (C=O) groups excluding carboxylic acids is 1. The van der Waals surface area contributed by atoms with Crippen LogP contribution in [0.3, 0.4) is 0 Å². The van der Waals surface area contributed by atoms with Gasteiger partial charge in [-0.25, -0.2) is 4.98 Å². The fourth-order valence-electron chi connectivity index (χ4n) is 1.50. The molecule has 0 aliphatic rings. The van der Waals surface area contributed by atoms with E-state index in [0.717, 1.165) is 14.5 Å². The van der Waals surface area contributed by atoms with Crippen molar-refractivity contribution in [1.82, 2.24) is 10.3 Å². The van der Waals surface area contributed by atoms with Gasteiger partial charge >= 0.3 is 0 Å². The zero-order valence-electron chi connectivity index (χ0n) is 10.4. The fourth-order valence-corrected chi connectivity index (χ4v) is 3.24. The molecule has 0 aliphatic heterocycles. The summed E-state index contributed by atoms with van der Waals surface area (Å²) in [5, 5.41) is 2.83. The first kappa shape index (κ1) is 14.3. The van der Waals surface area contributed by atoms with E-state index < -0.39 is 0 Å². The maximum atomic E-state index is 11.9. The molecular weight excluding hydrogens is 375 g/mol. The van der Waals surface area contributed by atoms with E-state index in [1.54, 1.807) is 0 Å². The van der Waals surface area contributed by atoms with Gasteiger partial charge in [0.25, 0.3) is 5.91 Å². The number of ether oxygens (including phenoxy) is 1. The van der Waals surface area contributed by atoms with Crippen LogP contribution in [-0.4, -0.2) is 24.0 Å². The number of aryl methyl sites for hydroxylation is 1. The van der Waals surface area contributed by atoms with Crippen LogP contribution < -0.4 is 10.1 Å². The van der Waals surface area contributed by atoms with Crippen molar-refractivity contribution in [2.24, 2.45) is 0 Å². The quantitative estimate of drug-likeness (QED) is 0.633. The maximum absolute atomic E-state index is 11.9.